The van der Waals surface area contributed by atoms with Crippen molar-refractivity contribution in [1.29, 1.82) is 0 Å². The summed E-state index contributed by atoms with van der Waals surface area (Å²) in [6, 6.07) is 5.59. The standard InChI is InChI=1S/C14H19ClN2O3/c1-14(2,3)11(12(18)20-4)17-13(19)16-10-8-6-5-7-9(10)15/h5-8,11H,1-4H3,(H2,16,17,19)/t11-/m0/s1. The van der Waals surface area contributed by atoms with Gasteiger partial charge in [0.15, 0.2) is 0 Å². The molecule has 1 aromatic carbocycles. The van der Waals surface area contributed by atoms with Crippen LogP contribution in [0.15, 0.2) is 24.3 Å². The predicted molar refractivity (Wildman–Crippen MR) is 78.9 cm³/mol. The number of halogens is 1. The number of hydrogen-bond donors (Lipinski definition) is 2. The zero-order chi connectivity index (χ0) is 15.3. The molecule has 1 rings (SSSR count). The van der Waals surface area contributed by atoms with Crippen LogP contribution in [-0.2, 0) is 9.53 Å². The summed E-state index contributed by atoms with van der Waals surface area (Å²) in [4.78, 5) is 23.7. The van der Waals surface area contributed by atoms with E-state index in [4.69, 9.17) is 16.3 Å². The van der Waals surface area contributed by atoms with E-state index >= 15 is 0 Å². The van der Waals surface area contributed by atoms with Crippen LogP contribution in [0.25, 0.3) is 0 Å². The Labute approximate surface area is 123 Å². The van der Waals surface area contributed by atoms with E-state index < -0.39 is 23.5 Å². The van der Waals surface area contributed by atoms with Gasteiger partial charge in [0, 0.05) is 0 Å². The van der Waals surface area contributed by atoms with Gasteiger partial charge in [-0.3, -0.25) is 0 Å². The number of carbonyl (C=O) groups excluding carboxylic acids is 2. The number of amides is 2. The maximum atomic E-state index is 12.0. The molecule has 0 saturated heterocycles. The number of esters is 1. The van der Waals surface area contributed by atoms with Gasteiger partial charge in [-0.2, -0.15) is 0 Å². The third kappa shape index (κ3) is 4.42. The molecule has 0 radical (unpaired) electrons. The maximum absolute atomic E-state index is 12.0. The average molecular weight is 299 g/mol. The Balaban J connectivity index is 2.78. The van der Waals surface area contributed by atoms with E-state index in [-0.39, 0.29) is 0 Å². The molecule has 0 aromatic heterocycles. The van der Waals surface area contributed by atoms with Gasteiger partial charge < -0.3 is 15.4 Å². The number of para-hydroxylation sites is 1. The molecule has 0 aliphatic rings. The van der Waals surface area contributed by atoms with Crippen LogP contribution in [0, 0.1) is 5.41 Å². The van der Waals surface area contributed by atoms with Crippen LogP contribution in [0.3, 0.4) is 0 Å². The van der Waals surface area contributed by atoms with Crippen molar-refractivity contribution in [2.75, 3.05) is 12.4 Å². The SMILES string of the molecule is COC(=O)[C@H](NC(=O)Nc1ccccc1Cl)C(C)(C)C. The number of hydrogen-bond acceptors (Lipinski definition) is 3. The summed E-state index contributed by atoms with van der Waals surface area (Å²) in [5, 5.41) is 5.63. The first kappa shape index (κ1) is 16.3. The fourth-order valence-electron chi connectivity index (χ4n) is 1.60. The zero-order valence-electron chi connectivity index (χ0n) is 12.0. The third-order valence-corrected chi connectivity index (χ3v) is 3.03. The van der Waals surface area contributed by atoms with E-state index in [1.807, 2.05) is 20.8 Å². The van der Waals surface area contributed by atoms with E-state index in [2.05, 4.69) is 10.6 Å². The number of anilines is 1. The van der Waals surface area contributed by atoms with Gasteiger partial charge >= 0.3 is 12.0 Å². The van der Waals surface area contributed by atoms with Crippen LogP contribution in [0.1, 0.15) is 20.8 Å². The largest absolute Gasteiger partial charge is 0.467 e. The summed E-state index contributed by atoms with van der Waals surface area (Å²) in [6.07, 6.45) is 0. The second-order valence-corrected chi connectivity index (χ2v) is 5.81. The highest BCUT2D eigenvalue weighted by Gasteiger charge is 2.33. The number of methoxy groups -OCH3 is 1. The van der Waals surface area contributed by atoms with Gasteiger partial charge in [0.25, 0.3) is 0 Å². The summed E-state index contributed by atoms with van der Waals surface area (Å²) in [7, 11) is 1.29. The first-order chi connectivity index (χ1) is 9.25. The molecule has 0 aliphatic heterocycles. The van der Waals surface area contributed by atoms with E-state index in [9.17, 15) is 9.59 Å². The molecule has 0 bridgehead atoms. The zero-order valence-corrected chi connectivity index (χ0v) is 12.7. The average Bonchev–Trinajstić information content (AvgIpc) is 2.36. The maximum Gasteiger partial charge on any atom is 0.328 e. The summed E-state index contributed by atoms with van der Waals surface area (Å²) in [5.41, 5.74) is 0.00876. The minimum absolute atomic E-state index is 0.424. The van der Waals surface area contributed by atoms with Gasteiger partial charge in [0.2, 0.25) is 0 Å². The van der Waals surface area contributed by atoms with Gasteiger partial charge in [-0.25, -0.2) is 9.59 Å². The highest BCUT2D eigenvalue weighted by atomic mass is 35.5. The van der Waals surface area contributed by atoms with Crippen molar-refractivity contribution < 1.29 is 14.3 Å². The molecular formula is C14H19ClN2O3. The third-order valence-electron chi connectivity index (χ3n) is 2.70. The quantitative estimate of drug-likeness (QED) is 0.843. The highest BCUT2D eigenvalue weighted by molar-refractivity contribution is 6.33. The lowest BCUT2D eigenvalue weighted by Crippen LogP contribution is -2.51. The van der Waals surface area contributed by atoms with E-state index in [0.717, 1.165) is 0 Å². The van der Waals surface area contributed by atoms with Crippen molar-refractivity contribution in [2.24, 2.45) is 5.41 Å². The molecule has 1 aromatic rings. The van der Waals surface area contributed by atoms with Gasteiger partial charge in [0.05, 0.1) is 17.8 Å². The fraction of sp³-hybridized carbons (Fsp3) is 0.429. The van der Waals surface area contributed by atoms with E-state index in [1.165, 1.54) is 7.11 Å². The van der Waals surface area contributed by atoms with E-state index in [1.54, 1.807) is 24.3 Å². The number of rotatable bonds is 3. The van der Waals surface area contributed by atoms with Crippen molar-refractivity contribution in [3.05, 3.63) is 29.3 Å². The number of nitrogens with one attached hydrogen (secondary N) is 2. The second kappa shape index (κ2) is 6.61. The normalized spacial score (nSPS) is 12.4. The molecule has 2 N–H and O–H groups in total. The summed E-state index contributed by atoms with van der Waals surface area (Å²) in [5.74, 6) is -0.494. The summed E-state index contributed by atoms with van der Waals surface area (Å²) < 4.78 is 4.71. The Morgan fingerprint density at radius 3 is 2.35 bits per heavy atom. The Kier molecular flexibility index (Phi) is 5.39. The smallest absolute Gasteiger partial charge is 0.328 e. The lowest BCUT2D eigenvalue weighted by Gasteiger charge is -2.29. The fourth-order valence-corrected chi connectivity index (χ4v) is 1.78. The lowest BCUT2D eigenvalue weighted by molar-refractivity contribution is -0.145. The van der Waals surface area contributed by atoms with Crippen LogP contribution in [0.2, 0.25) is 5.02 Å². The lowest BCUT2D eigenvalue weighted by atomic mass is 9.87. The van der Waals surface area contributed by atoms with Gasteiger partial charge in [-0.1, -0.05) is 44.5 Å². The minimum Gasteiger partial charge on any atom is -0.467 e. The second-order valence-electron chi connectivity index (χ2n) is 5.40. The molecule has 0 unspecified atom stereocenters. The first-order valence-corrected chi connectivity index (χ1v) is 6.53. The summed E-state index contributed by atoms with van der Waals surface area (Å²) in [6.45, 7) is 5.51. The molecule has 20 heavy (non-hydrogen) atoms. The molecule has 0 aliphatic carbocycles. The number of ether oxygens (including phenoxy) is 1. The summed E-state index contributed by atoms with van der Waals surface area (Å²) >= 11 is 5.95. The minimum atomic E-state index is -0.755. The Bertz CT molecular complexity index is 497. The molecule has 0 heterocycles. The predicted octanol–water partition coefficient (Wildman–Crippen LogP) is 3.05. The van der Waals surface area contributed by atoms with Crippen LogP contribution >= 0.6 is 11.6 Å². The monoisotopic (exact) mass is 298 g/mol. The van der Waals surface area contributed by atoms with Crippen LogP contribution in [0.5, 0.6) is 0 Å². The van der Waals surface area contributed by atoms with Crippen LogP contribution < -0.4 is 10.6 Å². The van der Waals surface area contributed by atoms with Gasteiger partial charge in [-0.15, -0.1) is 0 Å². The van der Waals surface area contributed by atoms with Crippen LogP contribution in [-0.4, -0.2) is 25.2 Å². The Hall–Kier alpha value is -1.75. The number of carbonyl (C=O) groups is 2. The Morgan fingerprint density at radius 1 is 1.25 bits per heavy atom. The van der Waals surface area contributed by atoms with Gasteiger partial charge in [-0.05, 0) is 17.5 Å². The molecular weight excluding hydrogens is 280 g/mol. The molecule has 0 spiro atoms. The first-order valence-electron chi connectivity index (χ1n) is 6.15. The topological polar surface area (TPSA) is 67.4 Å². The van der Waals surface area contributed by atoms with Crippen molar-refractivity contribution in [3.63, 3.8) is 0 Å². The molecule has 0 fully saturated rings. The van der Waals surface area contributed by atoms with Crippen LogP contribution in [0.4, 0.5) is 10.5 Å². The molecule has 2 amide bonds. The van der Waals surface area contributed by atoms with Crippen molar-refractivity contribution in [3.8, 4) is 0 Å². The molecule has 1 atom stereocenters. The van der Waals surface area contributed by atoms with Crippen molar-refractivity contribution in [2.45, 2.75) is 26.8 Å². The van der Waals surface area contributed by atoms with Crippen molar-refractivity contribution >= 4 is 29.3 Å². The molecule has 0 saturated carbocycles. The number of urea groups is 1. The Morgan fingerprint density at radius 2 is 1.85 bits per heavy atom. The molecule has 110 valence electrons. The molecule has 5 nitrogen and oxygen atoms in total. The highest BCUT2D eigenvalue weighted by Crippen LogP contribution is 2.22. The van der Waals surface area contributed by atoms with Crippen molar-refractivity contribution in [1.82, 2.24) is 5.32 Å². The molecule has 6 heteroatoms. The van der Waals surface area contributed by atoms with Gasteiger partial charge in [0.1, 0.15) is 6.04 Å². The van der Waals surface area contributed by atoms with E-state index in [0.29, 0.717) is 10.7 Å². The number of benzene rings is 1.